The average molecular weight is 296 g/mol. The zero-order valence-corrected chi connectivity index (χ0v) is 13.4. The maximum Gasteiger partial charge on any atom is 0.383 e. The fourth-order valence-electron chi connectivity index (χ4n) is 1.29. The Kier molecular flexibility index (Phi) is 11.9. The third-order valence-corrected chi connectivity index (χ3v) is 3.94. The fraction of sp³-hybridized carbons (Fsp3) is 1.00. The SMILES string of the molecule is CCCCOC(OCCCC)P(=O)(O)OCCCC. The molecular weight excluding hydrogens is 267 g/mol. The molecule has 0 radical (unpaired) electrons. The van der Waals surface area contributed by atoms with Crippen LogP contribution in [0.3, 0.4) is 0 Å². The van der Waals surface area contributed by atoms with Crippen molar-refractivity contribution in [1.29, 1.82) is 0 Å². The zero-order valence-electron chi connectivity index (χ0n) is 12.5. The Labute approximate surface area is 117 Å². The summed E-state index contributed by atoms with van der Waals surface area (Å²) in [5.74, 6) is 0. The average Bonchev–Trinajstić information content (AvgIpc) is 2.37. The molecule has 0 fully saturated rings. The van der Waals surface area contributed by atoms with Crippen molar-refractivity contribution in [2.45, 2.75) is 65.3 Å². The van der Waals surface area contributed by atoms with E-state index in [-0.39, 0.29) is 6.61 Å². The Morgan fingerprint density at radius 2 is 1.32 bits per heavy atom. The number of unbranched alkanes of at least 4 members (excludes halogenated alkanes) is 3. The van der Waals surface area contributed by atoms with E-state index >= 15 is 0 Å². The highest BCUT2D eigenvalue weighted by atomic mass is 31.2. The van der Waals surface area contributed by atoms with E-state index < -0.39 is 13.6 Å². The molecule has 0 saturated heterocycles. The van der Waals surface area contributed by atoms with Gasteiger partial charge in [0.1, 0.15) is 0 Å². The Hall–Kier alpha value is 0.0700. The van der Waals surface area contributed by atoms with Crippen LogP contribution in [0.15, 0.2) is 0 Å². The molecule has 0 aliphatic carbocycles. The quantitative estimate of drug-likeness (QED) is 0.317. The van der Waals surface area contributed by atoms with Crippen LogP contribution in [0.1, 0.15) is 59.3 Å². The van der Waals surface area contributed by atoms with Crippen molar-refractivity contribution in [3.8, 4) is 0 Å². The van der Waals surface area contributed by atoms with Gasteiger partial charge in [0.05, 0.1) is 19.8 Å². The van der Waals surface area contributed by atoms with Crippen LogP contribution in [-0.4, -0.2) is 30.7 Å². The van der Waals surface area contributed by atoms with Gasteiger partial charge < -0.3 is 18.9 Å². The molecule has 0 heterocycles. The van der Waals surface area contributed by atoms with Crippen molar-refractivity contribution in [2.75, 3.05) is 19.8 Å². The molecule has 116 valence electrons. The molecule has 0 rings (SSSR count). The van der Waals surface area contributed by atoms with Crippen LogP contribution in [0.2, 0.25) is 0 Å². The monoisotopic (exact) mass is 296 g/mol. The highest BCUT2D eigenvalue weighted by Crippen LogP contribution is 2.48. The third kappa shape index (κ3) is 9.58. The van der Waals surface area contributed by atoms with E-state index in [1.54, 1.807) is 0 Å². The summed E-state index contributed by atoms with van der Waals surface area (Å²) in [6, 6.07) is -1.15. The fourth-order valence-corrected chi connectivity index (χ4v) is 2.39. The van der Waals surface area contributed by atoms with Gasteiger partial charge in [0, 0.05) is 0 Å². The number of rotatable bonds is 13. The molecule has 1 N–H and O–H groups in total. The standard InChI is InChI=1S/C13H29O5P/c1-4-7-10-16-13(17-11-8-5-2)19(14,15)18-12-9-6-3/h13H,4-12H2,1-3H3,(H,14,15). The molecule has 0 bridgehead atoms. The second kappa shape index (κ2) is 11.9. The number of hydrogen-bond donors (Lipinski definition) is 1. The highest BCUT2D eigenvalue weighted by molar-refractivity contribution is 7.53. The van der Waals surface area contributed by atoms with Crippen LogP contribution in [-0.2, 0) is 18.6 Å². The molecule has 5 nitrogen and oxygen atoms in total. The van der Waals surface area contributed by atoms with Gasteiger partial charge in [-0.3, -0.25) is 4.57 Å². The summed E-state index contributed by atoms with van der Waals surface area (Å²) in [5, 5.41) is 0. The minimum Gasteiger partial charge on any atom is -0.343 e. The van der Waals surface area contributed by atoms with Gasteiger partial charge in [0.25, 0.3) is 6.03 Å². The normalized spacial score (nSPS) is 14.8. The summed E-state index contributed by atoms with van der Waals surface area (Å²) in [6.07, 6.45) is 5.27. The first-order chi connectivity index (χ1) is 9.08. The van der Waals surface area contributed by atoms with Crippen LogP contribution in [0.25, 0.3) is 0 Å². The summed E-state index contributed by atoms with van der Waals surface area (Å²) in [7, 11) is -3.86. The van der Waals surface area contributed by atoms with Crippen molar-refractivity contribution < 1.29 is 23.5 Å². The van der Waals surface area contributed by atoms with Gasteiger partial charge >= 0.3 is 7.60 Å². The molecule has 0 saturated carbocycles. The predicted molar refractivity (Wildman–Crippen MR) is 76.2 cm³/mol. The maximum absolute atomic E-state index is 12.1. The smallest absolute Gasteiger partial charge is 0.343 e. The zero-order chi connectivity index (χ0) is 14.6. The van der Waals surface area contributed by atoms with Crippen molar-refractivity contribution >= 4 is 7.60 Å². The van der Waals surface area contributed by atoms with Crippen LogP contribution < -0.4 is 0 Å². The second-order valence-electron chi connectivity index (χ2n) is 4.51. The predicted octanol–water partition coefficient (Wildman–Crippen LogP) is 3.91. The number of ether oxygens (including phenoxy) is 2. The van der Waals surface area contributed by atoms with Crippen LogP contribution in [0.4, 0.5) is 0 Å². The molecule has 0 amide bonds. The summed E-state index contributed by atoms with van der Waals surface area (Å²) >= 11 is 0. The molecule has 0 aromatic rings. The van der Waals surface area contributed by atoms with Gasteiger partial charge in [-0.2, -0.15) is 0 Å². The topological polar surface area (TPSA) is 65.0 Å². The lowest BCUT2D eigenvalue weighted by atomic mass is 10.4. The summed E-state index contributed by atoms with van der Waals surface area (Å²) in [4.78, 5) is 9.88. The molecule has 19 heavy (non-hydrogen) atoms. The van der Waals surface area contributed by atoms with E-state index in [0.717, 1.165) is 38.5 Å². The summed E-state index contributed by atoms with van der Waals surface area (Å²) in [6.45, 7) is 7.15. The lowest BCUT2D eigenvalue weighted by molar-refractivity contribution is -0.105. The number of hydrogen-bond acceptors (Lipinski definition) is 4. The van der Waals surface area contributed by atoms with Gasteiger partial charge in [-0.25, -0.2) is 0 Å². The summed E-state index contributed by atoms with van der Waals surface area (Å²) in [5.41, 5.74) is 0. The lowest BCUT2D eigenvalue weighted by Gasteiger charge is -2.23. The molecule has 0 aliphatic rings. The first-order valence-electron chi connectivity index (χ1n) is 7.28. The van der Waals surface area contributed by atoms with E-state index in [0.29, 0.717) is 13.2 Å². The Morgan fingerprint density at radius 1 is 0.895 bits per heavy atom. The molecule has 0 spiro atoms. The van der Waals surface area contributed by atoms with Crippen LogP contribution in [0, 0.1) is 0 Å². The first kappa shape index (κ1) is 19.1. The third-order valence-electron chi connectivity index (χ3n) is 2.56. The molecule has 0 aromatic carbocycles. The van der Waals surface area contributed by atoms with E-state index in [4.69, 9.17) is 14.0 Å². The van der Waals surface area contributed by atoms with Crippen molar-refractivity contribution in [1.82, 2.24) is 0 Å². The van der Waals surface area contributed by atoms with Gasteiger partial charge in [-0.05, 0) is 19.3 Å². The molecule has 1 atom stereocenters. The van der Waals surface area contributed by atoms with Gasteiger partial charge in [0.15, 0.2) is 0 Å². The van der Waals surface area contributed by atoms with Crippen LogP contribution >= 0.6 is 7.60 Å². The lowest BCUT2D eigenvalue weighted by Crippen LogP contribution is -2.20. The van der Waals surface area contributed by atoms with E-state index in [1.807, 2.05) is 20.8 Å². The second-order valence-corrected chi connectivity index (χ2v) is 6.31. The molecule has 0 aromatic heterocycles. The molecular formula is C13H29O5P. The first-order valence-corrected chi connectivity index (χ1v) is 8.93. The Bertz CT molecular complexity index is 237. The van der Waals surface area contributed by atoms with E-state index in [9.17, 15) is 9.46 Å². The van der Waals surface area contributed by atoms with Gasteiger partial charge in [-0.15, -0.1) is 0 Å². The largest absolute Gasteiger partial charge is 0.383 e. The van der Waals surface area contributed by atoms with Gasteiger partial charge in [-0.1, -0.05) is 40.0 Å². The minimum atomic E-state index is -3.86. The molecule has 6 heteroatoms. The van der Waals surface area contributed by atoms with Crippen molar-refractivity contribution in [3.63, 3.8) is 0 Å². The van der Waals surface area contributed by atoms with E-state index in [1.165, 1.54) is 0 Å². The highest BCUT2D eigenvalue weighted by Gasteiger charge is 2.34. The Balaban J connectivity index is 4.27. The van der Waals surface area contributed by atoms with Crippen molar-refractivity contribution in [3.05, 3.63) is 0 Å². The molecule has 1 unspecified atom stereocenters. The minimum absolute atomic E-state index is 0.259. The van der Waals surface area contributed by atoms with Crippen molar-refractivity contribution in [2.24, 2.45) is 0 Å². The van der Waals surface area contributed by atoms with E-state index in [2.05, 4.69) is 0 Å². The van der Waals surface area contributed by atoms with Crippen LogP contribution in [0.5, 0.6) is 0 Å². The summed E-state index contributed by atoms with van der Waals surface area (Å²) < 4.78 is 27.8. The van der Waals surface area contributed by atoms with Gasteiger partial charge in [0.2, 0.25) is 0 Å². The molecule has 0 aliphatic heterocycles. The Morgan fingerprint density at radius 3 is 1.74 bits per heavy atom. The maximum atomic E-state index is 12.1.